The Balaban J connectivity index is 2.24. The summed E-state index contributed by atoms with van der Waals surface area (Å²) in [5, 5.41) is 10.5. The van der Waals surface area contributed by atoms with Crippen molar-refractivity contribution in [3.05, 3.63) is 108 Å². The Morgan fingerprint density at radius 1 is 0.867 bits per heavy atom. The van der Waals surface area contributed by atoms with E-state index in [1.807, 2.05) is 109 Å². The summed E-state index contributed by atoms with van der Waals surface area (Å²) in [5.41, 5.74) is 2.66. The first-order chi connectivity index (χ1) is 14.6. The van der Waals surface area contributed by atoms with Gasteiger partial charge in [0.2, 0.25) is 0 Å². The van der Waals surface area contributed by atoms with Crippen LogP contribution in [0.15, 0.2) is 97.1 Å². The van der Waals surface area contributed by atoms with Gasteiger partial charge in [-0.2, -0.15) is 0 Å². The van der Waals surface area contributed by atoms with Crippen LogP contribution in [-0.4, -0.2) is 23.7 Å². The molecule has 1 N–H and O–H groups in total. The highest BCUT2D eigenvalue weighted by molar-refractivity contribution is 5.92. The maximum atomic E-state index is 12.9. The van der Waals surface area contributed by atoms with E-state index in [1.165, 1.54) is 0 Å². The molecule has 0 saturated heterocycles. The van der Waals surface area contributed by atoms with E-state index >= 15 is 0 Å². The van der Waals surface area contributed by atoms with Gasteiger partial charge in [0, 0.05) is 12.7 Å². The summed E-state index contributed by atoms with van der Waals surface area (Å²) in [5.74, 6) is -0.841. The van der Waals surface area contributed by atoms with Gasteiger partial charge in [0.25, 0.3) is 0 Å². The predicted molar refractivity (Wildman–Crippen MR) is 125 cm³/mol. The fraction of sp³-hybridized carbons (Fsp3) is 0.222. The molecule has 0 aliphatic heterocycles. The average Bonchev–Trinajstić information content (AvgIpc) is 2.80. The minimum atomic E-state index is -1.17. The topological polar surface area (TPSA) is 40.5 Å². The Labute approximate surface area is 179 Å². The van der Waals surface area contributed by atoms with Gasteiger partial charge in [-0.3, -0.25) is 0 Å². The van der Waals surface area contributed by atoms with E-state index in [0.29, 0.717) is 6.42 Å². The van der Waals surface area contributed by atoms with Crippen molar-refractivity contribution in [3.8, 4) is 0 Å². The minimum absolute atomic E-state index is 0.521. The first-order valence-electron chi connectivity index (χ1n) is 10.4. The number of likely N-dealkylation sites (N-methyl/N-ethyl adjacent to an activating group) is 1. The molecule has 3 heteroatoms. The smallest absolute Gasteiger partial charge is 0.333 e. The third-order valence-electron chi connectivity index (χ3n) is 5.58. The van der Waals surface area contributed by atoms with E-state index in [0.717, 1.165) is 35.2 Å². The van der Waals surface area contributed by atoms with Crippen molar-refractivity contribution in [2.24, 2.45) is 0 Å². The molecule has 0 aliphatic carbocycles. The molecule has 0 unspecified atom stereocenters. The van der Waals surface area contributed by atoms with Crippen LogP contribution in [0.4, 0.5) is 5.69 Å². The number of carbonyl (C=O) groups is 1. The highest BCUT2D eigenvalue weighted by atomic mass is 16.4. The maximum absolute atomic E-state index is 12.9. The van der Waals surface area contributed by atoms with E-state index < -0.39 is 11.5 Å². The summed E-state index contributed by atoms with van der Waals surface area (Å²) in [4.78, 5) is 14.8. The Hall–Kier alpha value is -3.33. The summed E-state index contributed by atoms with van der Waals surface area (Å²) in [7, 11) is 1.88. The van der Waals surface area contributed by atoms with Gasteiger partial charge in [-0.05, 0) is 41.3 Å². The molecule has 0 aromatic heterocycles. The molecule has 0 bridgehead atoms. The third-order valence-corrected chi connectivity index (χ3v) is 5.58. The van der Waals surface area contributed by atoms with Gasteiger partial charge in [-0.25, -0.2) is 4.79 Å². The Morgan fingerprint density at radius 3 is 1.77 bits per heavy atom. The number of aliphatic carboxylic acids is 1. The molecular formula is C27H29NO2. The molecule has 154 valence electrons. The number of unbranched alkanes of at least 4 members (excludes halogenated alkanes) is 1. The molecule has 0 aliphatic rings. The number of nitrogens with zero attached hydrogens (tertiary/aromatic N) is 1. The fourth-order valence-corrected chi connectivity index (χ4v) is 3.78. The quantitative estimate of drug-likeness (QED) is 0.461. The van der Waals surface area contributed by atoms with Crippen LogP contribution in [-0.2, 0) is 4.79 Å². The lowest BCUT2D eigenvalue weighted by Crippen LogP contribution is -2.52. The number of rotatable bonds is 9. The van der Waals surface area contributed by atoms with Crippen molar-refractivity contribution in [1.29, 1.82) is 0 Å². The Bertz CT molecular complexity index is 926. The molecule has 3 rings (SSSR count). The summed E-state index contributed by atoms with van der Waals surface area (Å²) >= 11 is 0. The van der Waals surface area contributed by atoms with Gasteiger partial charge in [0.05, 0.1) is 0 Å². The van der Waals surface area contributed by atoms with Crippen LogP contribution in [0.2, 0.25) is 0 Å². The summed E-state index contributed by atoms with van der Waals surface area (Å²) < 4.78 is 0. The SMILES string of the molecule is CCCC[C@](C=C(c1ccccc1)c1ccccc1)(C(=O)O)N(C)c1ccccc1. The van der Waals surface area contributed by atoms with Crippen molar-refractivity contribution in [2.45, 2.75) is 31.7 Å². The zero-order chi connectivity index (χ0) is 21.4. The molecule has 3 aromatic rings. The van der Waals surface area contributed by atoms with E-state index in [4.69, 9.17) is 0 Å². The normalized spacial score (nSPS) is 12.6. The van der Waals surface area contributed by atoms with Gasteiger partial charge in [-0.15, -0.1) is 0 Å². The average molecular weight is 400 g/mol. The van der Waals surface area contributed by atoms with E-state index in [2.05, 4.69) is 6.92 Å². The first-order valence-corrected chi connectivity index (χ1v) is 10.4. The molecule has 0 heterocycles. The molecule has 0 spiro atoms. The first kappa shape index (κ1) is 21.4. The third kappa shape index (κ3) is 4.62. The summed E-state index contributed by atoms with van der Waals surface area (Å²) in [6, 6.07) is 29.8. The highest BCUT2D eigenvalue weighted by Gasteiger charge is 2.41. The zero-order valence-electron chi connectivity index (χ0n) is 17.7. The molecule has 1 atom stereocenters. The van der Waals surface area contributed by atoms with Crippen molar-refractivity contribution in [2.75, 3.05) is 11.9 Å². The lowest BCUT2D eigenvalue weighted by atomic mass is 9.84. The summed E-state index contributed by atoms with van der Waals surface area (Å²) in [6.07, 6.45) is 4.21. The van der Waals surface area contributed by atoms with Crippen molar-refractivity contribution >= 4 is 17.2 Å². The second kappa shape index (κ2) is 9.93. The number of para-hydroxylation sites is 1. The van der Waals surface area contributed by atoms with Crippen molar-refractivity contribution in [3.63, 3.8) is 0 Å². The molecule has 0 fully saturated rings. The molecule has 0 radical (unpaired) electrons. The lowest BCUT2D eigenvalue weighted by molar-refractivity contribution is -0.141. The Morgan fingerprint density at radius 2 is 1.33 bits per heavy atom. The van der Waals surface area contributed by atoms with Crippen LogP contribution >= 0.6 is 0 Å². The number of anilines is 1. The van der Waals surface area contributed by atoms with Gasteiger partial charge in [0.1, 0.15) is 0 Å². The largest absolute Gasteiger partial charge is 0.479 e. The van der Waals surface area contributed by atoms with Gasteiger partial charge in [0.15, 0.2) is 5.54 Å². The number of hydrogen-bond acceptors (Lipinski definition) is 2. The second-order valence-corrected chi connectivity index (χ2v) is 7.52. The van der Waals surface area contributed by atoms with Gasteiger partial charge in [-0.1, -0.05) is 98.6 Å². The zero-order valence-corrected chi connectivity index (χ0v) is 17.7. The lowest BCUT2D eigenvalue weighted by Gasteiger charge is -2.38. The van der Waals surface area contributed by atoms with Crippen LogP contribution in [0.5, 0.6) is 0 Å². The van der Waals surface area contributed by atoms with Crippen LogP contribution in [0.3, 0.4) is 0 Å². The molecule has 3 nitrogen and oxygen atoms in total. The molecule has 30 heavy (non-hydrogen) atoms. The minimum Gasteiger partial charge on any atom is -0.479 e. The Kier molecular flexibility index (Phi) is 7.08. The predicted octanol–water partition coefficient (Wildman–Crippen LogP) is 6.27. The molecule has 0 saturated carbocycles. The van der Waals surface area contributed by atoms with Crippen LogP contribution in [0.25, 0.3) is 5.57 Å². The second-order valence-electron chi connectivity index (χ2n) is 7.52. The standard InChI is InChI=1S/C27H29NO2/c1-3-4-20-27(26(29)30,28(2)24-18-12-7-13-19-24)21-25(22-14-8-5-9-15-22)23-16-10-6-11-17-23/h5-19,21H,3-4,20H2,1-2H3,(H,29,30)/t27-/m0/s1. The fourth-order valence-electron chi connectivity index (χ4n) is 3.78. The monoisotopic (exact) mass is 399 g/mol. The highest BCUT2D eigenvalue weighted by Crippen LogP contribution is 2.34. The van der Waals surface area contributed by atoms with E-state index in [-0.39, 0.29) is 0 Å². The van der Waals surface area contributed by atoms with Crippen molar-refractivity contribution < 1.29 is 9.90 Å². The molecule has 3 aromatic carbocycles. The van der Waals surface area contributed by atoms with Crippen LogP contribution < -0.4 is 4.90 Å². The number of carboxylic acid groups (broad SMARTS) is 1. The van der Waals surface area contributed by atoms with Crippen LogP contribution in [0, 0.1) is 0 Å². The number of hydrogen-bond donors (Lipinski definition) is 1. The number of benzene rings is 3. The van der Waals surface area contributed by atoms with E-state index in [1.54, 1.807) is 0 Å². The van der Waals surface area contributed by atoms with Gasteiger partial charge < -0.3 is 10.0 Å². The molecule has 0 amide bonds. The van der Waals surface area contributed by atoms with Gasteiger partial charge >= 0.3 is 5.97 Å². The van der Waals surface area contributed by atoms with E-state index in [9.17, 15) is 9.90 Å². The van der Waals surface area contributed by atoms with Crippen molar-refractivity contribution in [1.82, 2.24) is 0 Å². The number of carboxylic acids is 1. The summed E-state index contributed by atoms with van der Waals surface area (Å²) in [6.45, 7) is 2.09. The molecular weight excluding hydrogens is 370 g/mol. The maximum Gasteiger partial charge on any atom is 0.333 e. The van der Waals surface area contributed by atoms with Crippen LogP contribution in [0.1, 0.15) is 37.3 Å².